The highest BCUT2D eigenvalue weighted by molar-refractivity contribution is 7.22. The van der Waals surface area contributed by atoms with Gasteiger partial charge in [-0.05, 0) is 87.5 Å². The van der Waals surface area contributed by atoms with E-state index in [1.807, 2.05) is 76.2 Å². The molecule has 9 heteroatoms. The molecule has 0 bridgehead atoms. The standard InChI is InChI=1S/C28H31BN4O3S/c1-6-17-8-7-9-20(12-17)32-26(34)33-21-10-11-23-18(13-21)14-24(37-23)22-15-19(16-31-25(22)30)29-35-27(2,3)28(4,5)36-29/h7-16H,6H2,1-5H3,(H2,30,31)(H2,32,33,34). The van der Waals surface area contributed by atoms with Gasteiger partial charge in [0.25, 0.3) is 0 Å². The molecule has 0 atom stereocenters. The fourth-order valence-corrected chi connectivity index (χ4v) is 5.28. The topological polar surface area (TPSA) is 98.5 Å². The Morgan fingerprint density at radius 1 is 1.00 bits per heavy atom. The van der Waals surface area contributed by atoms with Crippen molar-refractivity contribution in [2.24, 2.45) is 0 Å². The van der Waals surface area contributed by atoms with Crippen LogP contribution < -0.4 is 21.8 Å². The number of thiophene rings is 1. The van der Waals surface area contributed by atoms with Gasteiger partial charge < -0.3 is 25.7 Å². The van der Waals surface area contributed by atoms with Crippen molar-refractivity contribution in [3.63, 3.8) is 0 Å². The SMILES string of the molecule is CCc1cccc(NC(=O)Nc2ccc3sc(-c4cc(B5OC(C)(C)C(C)(C)O5)cnc4N)cc3c2)c1. The molecular formula is C28H31BN4O3S. The molecule has 2 amide bonds. The molecule has 1 saturated heterocycles. The van der Waals surface area contributed by atoms with Gasteiger partial charge in [-0.15, -0.1) is 11.3 Å². The van der Waals surface area contributed by atoms with Crippen molar-refractivity contribution in [2.45, 2.75) is 52.2 Å². The second-order valence-corrected chi connectivity index (χ2v) is 11.4. The predicted octanol–water partition coefficient (Wildman–Crippen LogP) is 6.05. The number of hydrogen-bond acceptors (Lipinski definition) is 6. The third-order valence-electron chi connectivity index (χ3n) is 7.10. The summed E-state index contributed by atoms with van der Waals surface area (Å²) < 4.78 is 13.5. The number of hydrogen-bond donors (Lipinski definition) is 3. The van der Waals surface area contributed by atoms with E-state index in [1.54, 1.807) is 17.5 Å². The Labute approximate surface area is 221 Å². The first-order chi connectivity index (χ1) is 17.5. The summed E-state index contributed by atoms with van der Waals surface area (Å²) >= 11 is 1.62. The fraction of sp³-hybridized carbons (Fsp3) is 0.286. The number of carbonyl (C=O) groups is 1. The Kier molecular flexibility index (Phi) is 6.47. The number of amides is 2. The molecule has 0 saturated carbocycles. The Hall–Kier alpha value is -3.40. The van der Waals surface area contributed by atoms with Crippen LogP contribution in [0, 0.1) is 0 Å². The first kappa shape index (κ1) is 25.3. The summed E-state index contributed by atoms with van der Waals surface area (Å²) in [7, 11) is -0.515. The van der Waals surface area contributed by atoms with Crippen LogP contribution in [0.5, 0.6) is 0 Å². The van der Waals surface area contributed by atoms with Crippen LogP contribution in [0.25, 0.3) is 20.5 Å². The first-order valence-electron chi connectivity index (χ1n) is 12.4. The summed E-state index contributed by atoms with van der Waals surface area (Å²) in [5, 5.41) is 6.83. The van der Waals surface area contributed by atoms with Crippen molar-refractivity contribution in [2.75, 3.05) is 16.4 Å². The molecule has 2 aromatic carbocycles. The van der Waals surface area contributed by atoms with Gasteiger partial charge in [-0.1, -0.05) is 19.1 Å². The second kappa shape index (κ2) is 9.48. The zero-order valence-corrected chi connectivity index (χ0v) is 22.5. The molecule has 3 heterocycles. The molecule has 0 spiro atoms. The molecule has 5 rings (SSSR count). The zero-order valence-electron chi connectivity index (χ0n) is 21.7. The highest BCUT2D eigenvalue weighted by Crippen LogP contribution is 2.39. The van der Waals surface area contributed by atoms with E-state index in [-0.39, 0.29) is 6.03 Å². The molecule has 1 aliphatic heterocycles. The third kappa shape index (κ3) is 5.07. The van der Waals surface area contributed by atoms with Crippen LogP contribution in [-0.4, -0.2) is 29.3 Å². The van der Waals surface area contributed by atoms with Crippen molar-refractivity contribution in [1.29, 1.82) is 0 Å². The Balaban J connectivity index is 1.36. The number of fused-ring (bicyclic) bond motifs is 1. The van der Waals surface area contributed by atoms with Crippen LogP contribution in [-0.2, 0) is 15.7 Å². The number of nitrogens with two attached hydrogens (primary N) is 1. The lowest BCUT2D eigenvalue weighted by atomic mass is 9.79. The smallest absolute Gasteiger partial charge is 0.399 e. The lowest BCUT2D eigenvalue weighted by Gasteiger charge is -2.32. The quantitative estimate of drug-likeness (QED) is 0.282. The van der Waals surface area contributed by atoms with Gasteiger partial charge in [0.2, 0.25) is 0 Å². The number of aromatic nitrogens is 1. The van der Waals surface area contributed by atoms with E-state index in [0.717, 1.165) is 38.1 Å². The van der Waals surface area contributed by atoms with E-state index >= 15 is 0 Å². The van der Waals surface area contributed by atoms with Gasteiger partial charge >= 0.3 is 13.1 Å². The number of nitrogens with zero attached hydrogens (tertiary/aromatic N) is 1. The molecule has 4 N–H and O–H groups in total. The van der Waals surface area contributed by atoms with E-state index in [1.165, 1.54) is 5.56 Å². The minimum Gasteiger partial charge on any atom is -0.399 e. The number of rotatable bonds is 5. The zero-order chi connectivity index (χ0) is 26.4. The number of pyridine rings is 1. The van der Waals surface area contributed by atoms with E-state index in [2.05, 4.69) is 28.6 Å². The molecule has 0 radical (unpaired) electrons. The minimum absolute atomic E-state index is 0.286. The molecule has 0 aliphatic carbocycles. The number of carbonyl (C=O) groups excluding carboxylic acids is 1. The van der Waals surface area contributed by atoms with E-state index < -0.39 is 18.3 Å². The average molecular weight is 514 g/mol. The number of anilines is 3. The van der Waals surface area contributed by atoms with Gasteiger partial charge in [0, 0.05) is 38.2 Å². The maximum absolute atomic E-state index is 12.6. The van der Waals surface area contributed by atoms with Crippen molar-refractivity contribution in [3.05, 3.63) is 66.4 Å². The van der Waals surface area contributed by atoms with Gasteiger partial charge in [0.15, 0.2) is 0 Å². The molecule has 37 heavy (non-hydrogen) atoms. The van der Waals surface area contributed by atoms with Crippen LogP contribution in [0.4, 0.5) is 22.0 Å². The van der Waals surface area contributed by atoms with Gasteiger partial charge in [-0.2, -0.15) is 0 Å². The first-order valence-corrected chi connectivity index (χ1v) is 13.2. The van der Waals surface area contributed by atoms with Crippen molar-refractivity contribution < 1.29 is 14.1 Å². The summed E-state index contributed by atoms with van der Waals surface area (Å²) in [6.45, 7) is 10.2. The predicted molar refractivity (Wildman–Crippen MR) is 154 cm³/mol. The number of aryl methyl sites for hydroxylation is 1. The van der Waals surface area contributed by atoms with Gasteiger partial charge in [0.1, 0.15) is 5.82 Å². The second-order valence-electron chi connectivity index (χ2n) is 10.3. The van der Waals surface area contributed by atoms with E-state index in [0.29, 0.717) is 11.5 Å². The van der Waals surface area contributed by atoms with E-state index in [4.69, 9.17) is 15.0 Å². The van der Waals surface area contributed by atoms with Crippen LogP contribution in [0.3, 0.4) is 0 Å². The highest BCUT2D eigenvalue weighted by Gasteiger charge is 2.51. The monoisotopic (exact) mass is 514 g/mol. The third-order valence-corrected chi connectivity index (χ3v) is 8.25. The summed E-state index contributed by atoms with van der Waals surface area (Å²) in [6.07, 6.45) is 2.62. The average Bonchev–Trinajstić information content (AvgIpc) is 3.35. The maximum atomic E-state index is 12.6. The van der Waals surface area contributed by atoms with Crippen molar-refractivity contribution in [1.82, 2.24) is 4.98 Å². The number of nitrogen functional groups attached to an aromatic ring is 1. The lowest BCUT2D eigenvalue weighted by Crippen LogP contribution is -2.41. The van der Waals surface area contributed by atoms with Crippen molar-refractivity contribution in [3.8, 4) is 10.4 Å². The molecule has 4 aromatic rings. The largest absolute Gasteiger partial charge is 0.496 e. The van der Waals surface area contributed by atoms with Crippen LogP contribution >= 0.6 is 11.3 Å². The van der Waals surface area contributed by atoms with Crippen molar-refractivity contribution >= 4 is 57.2 Å². The fourth-order valence-electron chi connectivity index (χ4n) is 4.21. The summed E-state index contributed by atoms with van der Waals surface area (Å²) in [5.41, 5.74) is 9.70. The molecule has 1 fully saturated rings. The molecule has 7 nitrogen and oxygen atoms in total. The Morgan fingerprint density at radius 3 is 2.41 bits per heavy atom. The molecule has 190 valence electrons. The summed E-state index contributed by atoms with van der Waals surface area (Å²) in [5.74, 6) is 0.443. The van der Waals surface area contributed by atoms with Crippen LogP contribution in [0.15, 0.2) is 60.8 Å². The highest BCUT2D eigenvalue weighted by atomic mass is 32.1. The summed E-state index contributed by atoms with van der Waals surface area (Å²) in [6, 6.07) is 17.5. The number of urea groups is 1. The molecule has 1 aliphatic rings. The number of benzene rings is 2. The van der Waals surface area contributed by atoms with Gasteiger partial charge in [-0.3, -0.25) is 0 Å². The van der Waals surface area contributed by atoms with Crippen LogP contribution in [0.1, 0.15) is 40.2 Å². The minimum atomic E-state index is -0.515. The normalized spacial score (nSPS) is 16.2. The molecule has 0 unspecified atom stereocenters. The lowest BCUT2D eigenvalue weighted by molar-refractivity contribution is 0.00578. The molecular weight excluding hydrogens is 483 g/mol. The van der Waals surface area contributed by atoms with Gasteiger partial charge in [-0.25, -0.2) is 9.78 Å². The summed E-state index contributed by atoms with van der Waals surface area (Å²) in [4.78, 5) is 18.0. The van der Waals surface area contributed by atoms with E-state index in [9.17, 15) is 4.79 Å². The maximum Gasteiger partial charge on any atom is 0.496 e. The number of nitrogens with one attached hydrogen (secondary N) is 2. The van der Waals surface area contributed by atoms with Gasteiger partial charge in [0.05, 0.1) is 11.2 Å². The molecule has 2 aromatic heterocycles. The Bertz CT molecular complexity index is 1470. The van der Waals surface area contributed by atoms with Crippen LogP contribution in [0.2, 0.25) is 0 Å². The Morgan fingerprint density at radius 2 is 1.70 bits per heavy atom.